The summed E-state index contributed by atoms with van der Waals surface area (Å²) in [5.74, 6) is 2.38. The molecule has 36 heavy (non-hydrogen) atoms. The van der Waals surface area contributed by atoms with E-state index in [0.29, 0.717) is 18.7 Å². The van der Waals surface area contributed by atoms with Crippen LogP contribution in [0.3, 0.4) is 0 Å². The molecule has 2 heterocycles. The summed E-state index contributed by atoms with van der Waals surface area (Å²) in [6.45, 7) is 7.11. The molecular weight excluding hydrogens is 518 g/mol. The Morgan fingerprint density at radius 3 is 2.58 bits per heavy atom. The second kappa shape index (κ2) is 14.0. The molecule has 0 N–H and O–H groups in total. The maximum atomic E-state index is 13.4. The largest absolute Gasteiger partial charge is 0.497 e. The molecule has 1 amide bonds. The number of aryl methyl sites for hydroxylation is 1. The lowest BCUT2D eigenvalue weighted by molar-refractivity contribution is -0.118. The van der Waals surface area contributed by atoms with Crippen LogP contribution in [0, 0.1) is 6.92 Å². The third-order valence-corrected chi connectivity index (χ3v) is 8.28. The Kier molecular flexibility index (Phi) is 11.1. The molecule has 1 fully saturated rings. The van der Waals surface area contributed by atoms with Crippen molar-refractivity contribution in [3.63, 3.8) is 0 Å². The number of halogens is 1. The Hall–Kier alpha value is -2.04. The van der Waals surface area contributed by atoms with Crippen molar-refractivity contribution in [2.45, 2.75) is 24.7 Å². The first-order valence-electron chi connectivity index (χ1n) is 11.9. The van der Waals surface area contributed by atoms with Crippen molar-refractivity contribution in [2.24, 2.45) is 0 Å². The van der Waals surface area contributed by atoms with Crippen LogP contribution in [0.15, 0.2) is 41.3 Å². The Morgan fingerprint density at radius 2 is 1.89 bits per heavy atom. The molecule has 0 bridgehead atoms. The number of carbonyl (C=O) groups is 1. The summed E-state index contributed by atoms with van der Waals surface area (Å²) in [6.07, 6.45) is 1.34. The van der Waals surface area contributed by atoms with Gasteiger partial charge in [-0.3, -0.25) is 14.6 Å². The van der Waals surface area contributed by atoms with Gasteiger partial charge in [0.25, 0.3) is 0 Å². The van der Waals surface area contributed by atoms with Gasteiger partial charge < -0.3 is 14.2 Å². The molecule has 196 valence electrons. The van der Waals surface area contributed by atoms with Crippen LogP contribution >= 0.6 is 35.5 Å². The second-order valence-electron chi connectivity index (χ2n) is 8.39. The highest BCUT2D eigenvalue weighted by Crippen LogP contribution is 2.36. The van der Waals surface area contributed by atoms with Crippen molar-refractivity contribution < 1.29 is 19.0 Å². The van der Waals surface area contributed by atoms with E-state index < -0.39 is 0 Å². The summed E-state index contributed by atoms with van der Waals surface area (Å²) in [7, 11) is 3.32. The predicted molar refractivity (Wildman–Crippen MR) is 151 cm³/mol. The van der Waals surface area contributed by atoms with E-state index in [-0.39, 0.29) is 18.3 Å². The van der Waals surface area contributed by atoms with Gasteiger partial charge in [-0.15, -0.1) is 24.2 Å². The Bertz CT molecular complexity index is 1120. The number of hydrogen-bond acceptors (Lipinski definition) is 8. The van der Waals surface area contributed by atoms with Crippen molar-refractivity contribution in [3.8, 4) is 11.5 Å². The van der Waals surface area contributed by atoms with Crippen molar-refractivity contribution in [1.29, 1.82) is 0 Å². The molecule has 0 atom stereocenters. The number of fused-ring (bicyclic) bond motifs is 1. The van der Waals surface area contributed by atoms with E-state index in [9.17, 15) is 4.79 Å². The number of methoxy groups -OCH3 is 2. The lowest BCUT2D eigenvalue weighted by Crippen LogP contribution is -2.39. The molecule has 7 nitrogen and oxygen atoms in total. The Labute approximate surface area is 227 Å². The van der Waals surface area contributed by atoms with Crippen molar-refractivity contribution in [1.82, 2.24) is 9.88 Å². The maximum Gasteiger partial charge on any atom is 0.229 e. The smallest absolute Gasteiger partial charge is 0.229 e. The summed E-state index contributed by atoms with van der Waals surface area (Å²) in [4.78, 5) is 23.7. The summed E-state index contributed by atoms with van der Waals surface area (Å²) in [5, 5.41) is 0.744. The van der Waals surface area contributed by atoms with E-state index in [1.807, 2.05) is 41.3 Å². The SMILES string of the molecule is COc1ccc(SCCC(=O)N(CCCN2CCOCC2)c2nc3c(OC)ccc(C)c3s2)cc1.Cl. The molecule has 0 spiro atoms. The highest BCUT2D eigenvalue weighted by Gasteiger charge is 2.22. The number of amides is 1. The van der Waals surface area contributed by atoms with Crippen LogP contribution in [0.5, 0.6) is 11.5 Å². The van der Waals surface area contributed by atoms with E-state index in [1.54, 1.807) is 37.3 Å². The zero-order valence-electron chi connectivity index (χ0n) is 21.0. The van der Waals surface area contributed by atoms with E-state index in [0.717, 1.165) is 76.6 Å². The summed E-state index contributed by atoms with van der Waals surface area (Å²) in [6, 6.07) is 11.9. The average Bonchev–Trinajstić information content (AvgIpc) is 3.34. The number of thioether (sulfide) groups is 1. The molecule has 0 unspecified atom stereocenters. The third kappa shape index (κ3) is 7.26. The van der Waals surface area contributed by atoms with Gasteiger partial charge in [-0.1, -0.05) is 17.4 Å². The van der Waals surface area contributed by atoms with E-state index in [2.05, 4.69) is 11.8 Å². The van der Waals surface area contributed by atoms with Crippen LogP contribution < -0.4 is 14.4 Å². The molecule has 0 saturated carbocycles. The highest BCUT2D eigenvalue weighted by molar-refractivity contribution is 7.99. The molecule has 2 aromatic carbocycles. The second-order valence-corrected chi connectivity index (χ2v) is 10.5. The number of anilines is 1. The fourth-order valence-electron chi connectivity index (χ4n) is 4.05. The quantitative estimate of drug-likeness (QED) is 0.300. The number of rotatable bonds is 11. The first kappa shape index (κ1) is 28.5. The molecule has 10 heteroatoms. The van der Waals surface area contributed by atoms with Gasteiger partial charge in [-0.2, -0.15) is 0 Å². The average molecular weight is 552 g/mol. The van der Waals surface area contributed by atoms with Crippen molar-refractivity contribution >= 4 is 56.8 Å². The molecule has 1 saturated heterocycles. The molecule has 0 aliphatic carbocycles. The molecule has 1 aromatic heterocycles. The Morgan fingerprint density at radius 1 is 1.14 bits per heavy atom. The first-order valence-corrected chi connectivity index (χ1v) is 13.7. The normalized spacial score (nSPS) is 13.9. The zero-order chi connectivity index (χ0) is 24.6. The van der Waals surface area contributed by atoms with Crippen LogP contribution in [0.25, 0.3) is 10.2 Å². The van der Waals surface area contributed by atoms with Gasteiger partial charge in [0.2, 0.25) is 5.91 Å². The maximum absolute atomic E-state index is 13.4. The molecule has 4 rings (SSSR count). The molecule has 3 aromatic rings. The minimum atomic E-state index is 0. The number of aromatic nitrogens is 1. The first-order chi connectivity index (χ1) is 17.1. The van der Waals surface area contributed by atoms with E-state index in [4.69, 9.17) is 19.2 Å². The van der Waals surface area contributed by atoms with Crippen LogP contribution in [0.2, 0.25) is 0 Å². The zero-order valence-corrected chi connectivity index (χ0v) is 23.5. The lowest BCUT2D eigenvalue weighted by atomic mass is 10.2. The number of ether oxygens (including phenoxy) is 3. The molecule has 1 aliphatic heterocycles. The number of benzene rings is 2. The van der Waals surface area contributed by atoms with Crippen molar-refractivity contribution in [2.75, 3.05) is 64.3 Å². The topological polar surface area (TPSA) is 64.1 Å². The van der Waals surface area contributed by atoms with Gasteiger partial charge in [0.1, 0.15) is 17.0 Å². The van der Waals surface area contributed by atoms with Crippen LogP contribution in [-0.4, -0.2) is 75.2 Å². The number of thiazole rings is 1. The monoisotopic (exact) mass is 551 g/mol. The van der Waals surface area contributed by atoms with Gasteiger partial charge in [0, 0.05) is 43.2 Å². The van der Waals surface area contributed by atoms with E-state index >= 15 is 0 Å². The van der Waals surface area contributed by atoms with Gasteiger partial charge in [-0.25, -0.2) is 4.98 Å². The van der Waals surface area contributed by atoms with Crippen molar-refractivity contribution in [3.05, 3.63) is 42.0 Å². The summed E-state index contributed by atoms with van der Waals surface area (Å²) in [5.41, 5.74) is 1.96. The molecule has 0 radical (unpaired) electrons. The minimum absolute atomic E-state index is 0. The standard InChI is InChI=1S/C26H33N3O4S2.ClH/c1-19-5-10-22(32-3)24-25(19)35-26(27-24)29(13-4-12-28-14-16-33-17-15-28)23(30)11-18-34-21-8-6-20(31-2)7-9-21;/h5-10H,4,11-18H2,1-3H3;1H. The number of morpholine rings is 1. The fourth-order valence-corrected chi connectivity index (χ4v) is 5.98. The Balaban J connectivity index is 0.00000361. The van der Waals surface area contributed by atoms with Gasteiger partial charge in [0.05, 0.1) is 32.1 Å². The minimum Gasteiger partial charge on any atom is -0.497 e. The van der Waals surface area contributed by atoms with E-state index in [1.165, 1.54) is 0 Å². The lowest BCUT2D eigenvalue weighted by Gasteiger charge is -2.27. The van der Waals surface area contributed by atoms with Crippen LogP contribution in [-0.2, 0) is 9.53 Å². The predicted octanol–water partition coefficient (Wildman–Crippen LogP) is 5.28. The third-order valence-electron chi connectivity index (χ3n) is 6.05. The number of hydrogen-bond donors (Lipinski definition) is 0. The highest BCUT2D eigenvalue weighted by atomic mass is 35.5. The fraction of sp³-hybridized carbons (Fsp3) is 0.462. The van der Waals surface area contributed by atoms with Crippen LogP contribution in [0.1, 0.15) is 18.4 Å². The summed E-state index contributed by atoms with van der Waals surface area (Å²) < 4.78 is 17.3. The molecular formula is C26H34ClN3O4S2. The van der Waals surface area contributed by atoms with Crippen LogP contribution in [0.4, 0.5) is 5.13 Å². The number of nitrogens with zero attached hydrogens (tertiary/aromatic N) is 3. The summed E-state index contributed by atoms with van der Waals surface area (Å²) >= 11 is 3.25. The van der Waals surface area contributed by atoms with Gasteiger partial charge >= 0.3 is 0 Å². The number of carbonyl (C=O) groups excluding carboxylic acids is 1. The van der Waals surface area contributed by atoms with Gasteiger partial charge in [-0.05, 0) is 49.2 Å². The van der Waals surface area contributed by atoms with Gasteiger partial charge in [0.15, 0.2) is 5.13 Å². The molecule has 1 aliphatic rings.